The summed E-state index contributed by atoms with van der Waals surface area (Å²) in [6, 6.07) is 0. The van der Waals surface area contributed by atoms with Crippen molar-refractivity contribution >= 4 is 11.9 Å². The summed E-state index contributed by atoms with van der Waals surface area (Å²) >= 11 is 0. The third kappa shape index (κ3) is 24.6. The van der Waals surface area contributed by atoms with Gasteiger partial charge in [0.1, 0.15) is 0 Å². The highest BCUT2D eigenvalue weighted by atomic mass is 16.5. The van der Waals surface area contributed by atoms with Crippen LogP contribution in [0.5, 0.6) is 0 Å². The number of ether oxygens (including phenoxy) is 2. The number of carbonyl (C=O) groups excluding carboxylic acids is 2. The average Bonchev–Trinajstić information content (AvgIpc) is 2.88. The van der Waals surface area contributed by atoms with Crippen molar-refractivity contribution in [2.75, 3.05) is 13.2 Å². The molecule has 0 aromatic heterocycles. The van der Waals surface area contributed by atoms with Gasteiger partial charge in [-0.05, 0) is 32.1 Å². The molecule has 0 bridgehead atoms. The highest BCUT2D eigenvalue weighted by molar-refractivity contribution is 5.72. The summed E-state index contributed by atoms with van der Waals surface area (Å²) in [7, 11) is 0. The molecule has 0 radical (unpaired) electrons. The van der Waals surface area contributed by atoms with Crippen LogP contribution in [0.2, 0.25) is 0 Å². The fourth-order valence-electron chi connectivity index (χ4n) is 4.70. The SMILES string of the molecule is CCCCCCCCOC(=O)CCCCCCCC(CCCCCC)C(=O)OCCCCCCCC. The summed E-state index contributed by atoms with van der Waals surface area (Å²) in [5, 5.41) is 0. The molecular weight excluding hydrogens is 448 g/mol. The molecule has 0 aliphatic carbocycles. The van der Waals surface area contributed by atoms with Gasteiger partial charge >= 0.3 is 11.9 Å². The molecule has 0 N–H and O–H groups in total. The van der Waals surface area contributed by atoms with Crippen LogP contribution in [0.3, 0.4) is 0 Å². The lowest BCUT2D eigenvalue weighted by Gasteiger charge is -2.16. The highest BCUT2D eigenvalue weighted by Gasteiger charge is 2.19. The summed E-state index contributed by atoms with van der Waals surface area (Å²) in [6.45, 7) is 7.85. The van der Waals surface area contributed by atoms with Gasteiger partial charge in [-0.3, -0.25) is 9.59 Å². The van der Waals surface area contributed by atoms with E-state index in [1.165, 1.54) is 83.5 Å². The number of rotatable bonds is 28. The fourth-order valence-corrected chi connectivity index (χ4v) is 4.70. The third-order valence-electron chi connectivity index (χ3n) is 7.18. The molecule has 0 aliphatic heterocycles. The maximum Gasteiger partial charge on any atom is 0.308 e. The van der Waals surface area contributed by atoms with E-state index in [-0.39, 0.29) is 17.9 Å². The van der Waals surface area contributed by atoms with Gasteiger partial charge in [0.2, 0.25) is 0 Å². The van der Waals surface area contributed by atoms with Crippen LogP contribution in [0.25, 0.3) is 0 Å². The fraction of sp³-hybridized carbons (Fsp3) is 0.938. The van der Waals surface area contributed by atoms with E-state index in [9.17, 15) is 9.59 Å². The lowest BCUT2D eigenvalue weighted by Crippen LogP contribution is -2.18. The molecule has 1 atom stereocenters. The van der Waals surface area contributed by atoms with Crippen molar-refractivity contribution in [2.45, 2.75) is 175 Å². The summed E-state index contributed by atoms with van der Waals surface area (Å²) in [5.74, 6) is 0.0656. The molecule has 0 spiro atoms. The normalized spacial score (nSPS) is 12.0. The Labute approximate surface area is 225 Å². The van der Waals surface area contributed by atoms with E-state index < -0.39 is 0 Å². The molecule has 0 aliphatic rings. The van der Waals surface area contributed by atoms with Crippen molar-refractivity contribution < 1.29 is 19.1 Å². The zero-order valence-corrected chi connectivity index (χ0v) is 24.6. The number of unbranched alkanes of at least 4 members (excludes halogenated alkanes) is 17. The molecule has 0 aromatic rings. The van der Waals surface area contributed by atoms with E-state index in [2.05, 4.69) is 20.8 Å². The maximum atomic E-state index is 12.7. The topological polar surface area (TPSA) is 52.6 Å². The molecule has 0 aromatic carbocycles. The van der Waals surface area contributed by atoms with Gasteiger partial charge in [-0.2, -0.15) is 0 Å². The van der Waals surface area contributed by atoms with Crippen molar-refractivity contribution in [3.05, 3.63) is 0 Å². The van der Waals surface area contributed by atoms with Gasteiger partial charge in [0.15, 0.2) is 0 Å². The van der Waals surface area contributed by atoms with E-state index in [0.717, 1.165) is 64.2 Å². The van der Waals surface area contributed by atoms with Crippen LogP contribution in [0.4, 0.5) is 0 Å². The first-order chi connectivity index (χ1) is 17.7. The Morgan fingerprint density at radius 1 is 0.472 bits per heavy atom. The molecule has 0 fully saturated rings. The first-order valence-electron chi connectivity index (χ1n) is 16.0. The van der Waals surface area contributed by atoms with Crippen molar-refractivity contribution in [2.24, 2.45) is 5.92 Å². The predicted molar refractivity (Wildman–Crippen MR) is 153 cm³/mol. The van der Waals surface area contributed by atoms with E-state index in [1.54, 1.807) is 0 Å². The van der Waals surface area contributed by atoms with Gasteiger partial charge in [-0.1, -0.05) is 136 Å². The maximum absolute atomic E-state index is 12.7. The summed E-state index contributed by atoms with van der Waals surface area (Å²) < 4.78 is 11.0. The van der Waals surface area contributed by atoms with E-state index >= 15 is 0 Å². The molecule has 1 unspecified atom stereocenters. The lowest BCUT2D eigenvalue weighted by atomic mass is 9.94. The van der Waals surface area contributed by atoms with Gasteiger partial charge in [0.25, 0.3) is 0 Å². The highest BCUT2D eigenvalue weighted by Crippen LogP contribution is 2.21. The smallest absolute Gasteiger partial charge is 0.308 e. The van der Waals surface area contributed by atoms with Crippen LogP contribution in [0.15, 0.2) is 0 Å². The zero-order chi connectivity index (χ0) is 26.5. The molecule has 4 nitrogen and oxygen atoms in total. The Balaban J connectivity index is 3.89. The standard InChI is InChI=1S/C32H62O4/c1-4-7-10-13-18-23-28-35-31(33)27-22-17-15-16-21-26-30(25-20-12-9-6-3)32(34)36-29-24-19-14-11-8-5-2/h30H,4-29H2,1-3H3. The van der Waals surface area contributed by atoms with Crippen LogP contribution in [-0.2, 0) is 19.1 Å². The molecule has 0 saturated heterocycles. The molecule has 0 rings (SSSR count). The third-order valence-corrected chi connectivity index (χ3v) is 7.18. The van der Waals surface area contributed by atoms with Crippen molar-refractivity contribution in [3.8, 4) is 0 Å². The summed E-state index contributed by atoms with van der Waals surface area (Å²) in [6.07, 6.45) is 27.2. The first-order valence-corrected chi connectivity index (χ1v) is 16.0. The lowest BCUT2D eigenvalue weighted by molar-refractivity contribution is -0.149. The van der Waals surface area contributed by atoms with Crippen molar-refractivity contribution in [3.63, 3.8) is 0 Å². The number of carbonyl (C=O) groups is 2. The van der Waals surface area contributed by atoms with E-state index in [0.29, 0.717) is 19.6 Å². The minimum absolute atomic E-state index is 0.0353. The largest absolute Gasteiger partial charge is 0.466 e. The van der Waals surface area contributed by atoms with Crippen LogP contribution in [0, 0.1) is 5.92 Å². The van der Waals surface area contributed by atoms with Gasteiger partial charge in [0.05, 0.1) is 19.1 Å². The Morgan fingerprint density at radius 2 is 0.861 bits per heavy atom. The van der Waals surface area contributed by atoms with Crippen molar-refractivity contribution in [1.82, 2.24) is 0 Å². The van der Waals surface area contributed by atoms with Crippen LogP contribution >= 0.6 is 0 Å². The van der Waals surface area contributed by atoms with Crippen LogP contribution < -0.4 is 0 Å². The number of esters is 2. The van der Waals surface area contributed by atoms with E-state index in [1.807, 2.05) is 0 Å². The zero-order valence-electron chi connectivity index (χ0n) is 24.6. The molecule has 0 heterocycles. The number of hydrogen-bond donors (Lipinski definition) is 0. The Morgan fingerprint density at radius 3 is 1.39 bits per heavy atom. The Hall–Kier alpha value is -1.06. The molecule has 4 heteroatoms. The Bertz CT molecular complexity index is 477. The second-order valence-electron chi connectivity index (χ2n) is 10.8. The van der Waals surface area contributed by atoms with Crippen LogP contribution in [-0.4, -0.2) is 25.2 Å². The van der Waals surface area contributed by atoms with Crippen LogP contribution in [0.1, 0.15) is 175 Å². The minimum Gasteiger partial charge on any atom is -0.466 e. The van der Waals surface area contributed by atoms with Gasteiger partial charge in [-0.25, -0.2) is 0 Å². The van der Waals surface area contributed by atoms with E-state index in [4.69, 9.17) is 9.47 Å². The Kier molecular flexibility index (Phi) is 27.7. The molecule has 36 heavy (non-hydrogen) atoms. The summed E-state index contributed by atoms with van der Waals surface area (Å²) in [5.41, 5.74) is 0. The predicted octanol–water partition coefficient (Wildman–Crippen LogP) is 10.1. The van der Waals surface area contributed by atoms with Gasteiger partial charge in [-0.15, -0.1) is 0 Å². The van der Waals surface area contributed by atoms with Crippen molar-refractivity contribution in [1.29, 1.82) is 0 Å². The second kappa shape index (κ2) is 28.5. The molecule has 0 amide bonds. The molecule has 0 saturated carbocycles. The quantitative estimate of drug-likeness (QED) is 0.0776. The number of hydrogen-bond acceptors (Lipinski definition) is 4. The van der Waals surface area contributed by atoms with Gasteiger partial charge < -0.3 is 9.47 Å². The second-order valence-corrected chi connectivity index (χ2v) is 10.8. The monoisotopic (exact) mass is 510 g/mol. The molecular formula is C32H62O4. The minimum atomic E-state index is -0.0381. The average molecular weight is 511 g/mol. The summed E-state index contributed by atoms with van der Waals surface area (Å²) in [4.78, 5) is 24.6. The molecule has 214 valence electrons. The van der Waals surface area contributed by atoms with Gasteiger partial charge in [0, 0.05) is 6.42 Å². The first kappa shape index (κ1) is 34.9.